The number of sulfonamides is 1. The average molecular weight is 456 g/mol. The number of nitrogens with one attached hydrogen (secondary N) is 1. The predicted molar refractivity (Wildman–Crippen MR) is 124 cm³/mol. The van der Waals surface area contributed by atoms with Crippen LogP contribution in [0.5, 0.6) is 0 Å². The number of benzene rings is 2. The van der Waals surface area contributed by atoms with Crippen LogP contribution >= 0.6 is 24.8 Å². The topological polar surface area (TPSA) is 62.3 Å². The first kappa shape index (κ1) is 25.3. The van der Waals surface area contributed by atoms with Gasteiger partial charge in [0.2, 0.25) is 10.0 Å². The number of hydrogen-bond donors (Lipinski definition) is 1. The number of aromatic nitrogens is 1. The molecule has 0 aliphatic rings. The summed E-state index contributed by atoms with van der Waals surface area (Å²) in [5.74, 6) is 0. The van der Waals surface area contributed by atoms with Crippen LogP contribution in [0.3, 0.4) is 0 Å². The van der Waals surface area contributed by atoms with Crippen LogP contribution in [0.25, 0.3) is 10.8 Å². The third kappa shape index (κ3) is 7.24. The first-order chi connectivity index (χ1) is 12.9. The Morgan fingerprint density at radius 2 is 1.76 bits per heavy atom. The third-order valence-corrected chi connectivity index (χ3v) is 6.08. The van der Waals surface area contributed by atoms with Gasteiger partial charge in [0.05, 0.1) is 4.90 Å². The van der Waals surface area contributed by atoms with E-state index in [0.29, 0.717) is 6.54 Å². The highest BCUT2D eigenvalue weighted by Crippen LogP contribution is 2.18. The number of halogens is 2. The first-order valence-electron chi connectivity index (χ1n) is 9.02. The lowest BCUT2D eigenvalue weighted by Gasteiger charge is -2.22. The molecule has 0 spiro atoms. The molecular weight excluding hydrogens is 429 g/mol. The molecule has 1 atom stereocenters. The van der Waals surface area contributed by atoms with Gasteiger partial charge < -0.3 is 4.90 Å². The Balaban J connectivity index is 0.00000210. The average Bonchev–Trinajstić information content (AvgIpc) is 2.66. The largest absolute Gasteiger partial charge is 0.304 e. The van der Waals surface area contributed by atoms with E-state index in [2.05, 4.69) is 26.7 Å². The highest BCUT2D eigenvalue weighted by atomic mass is 35.5. The molecule has 0 amide bonds. The minimum atomic E-state index is -3.56. The fourth-order valence-corrected chi connectivity index (χ4v) is 4.39. The summed E-state index contributed by atoms with van der Waals surface area (Å²) >= 11 is 0. The molecule has 0 saturated carbocycles. The lowest BCUT2D eigenvalue weighted by Crippen LogP contribution is -2.41. The smallest absolute Gasteiger partial charge is 0.240 e. The van der Waals surface area contributed by atoms with E-state index >= 15 is 0 Å². The van der Waals surface area contributed by atoms with Gasteiger partial charge in [-0.2, -0.15) is 0 Å². The Morgan fingerprint density at radius 1 is 1.03 bits per heavy atom. The zero-order chi connectivity index (χ0) is 19.3. The summed E-state index contributed by atoms with van der Waals surface area (Å²) in [5, 5.41) is 1.78. The molecule has 2 aromatic carbocycles. The molecule has 0 bridgehead atoms. The van der Waals surface area contributed by atoms with E-state index in [1.165, 1.54) is 5.56 Å². The zero-order valence-corrected chi connectivity index (χ0v) is 18.9. The monoisotopic (exact) mass is 455 g/mol. The van der Waals surface area contributed by atoms with Crippen molar-refractivity contribution in [3.63, 3.8) is 0 Å². The zero-order valence-electron chi connectivity index (χ0n) is 16.5. The van der Waals surface area contributed by atoms with Crippen LogP contribution in [0.2, 0.25) is 0 Å². The van der Waals surface area contributed by atoms with Crippen molar-refractivity contribution in [3.8, 4) is 0 Å². The summed E-state index contributed by atoms with van der Waals surface area (Å²) in [7, 11) is -1.55. The Morgan fingerprint density at radius 3 is 2.48 bits per heavy atom. The van der Waals surface area contributed by atoms with Gasteiger partial charge >= 0.3 is 0 Å². The van der Waals surface area contributed by atoms with E-state index in [9.17, 15) is 8.42 Å². The van der Waals surface area contributed by atoms with E-state index in [0.717, 1.165) is 23.7 Å². The number of rotatable bonds is 8. The molecular formula is C21H27Cl2N3O2S. The minimum Gasteiger partial charge on any atom is -0.304 e. The molecule has 8 heteroatoms. The standard InChI is InChI=1S/C21H25N3O2S.2ClH/c1-17(16-24(2)13-11-18-6-4-3-5-7-18)23-27(25,26)21-9-8-20-15-22-12-10-19(20)14-21;;/h3-10,12,14-15,17,23H,11,13,16H2,1-2H3;2*1H. The third-order valence-electron chi connectivity index (χ3n) is 4.49. The van der Waals surface area contributed by atoms with Gasteiger partial charge in [-0.15, -0.1) is 24.8 Å². The number of likely N-dealkylation sites (N-methyl/N-ethyl adjacent to an activating group) is 1. The SMILES string of the molecule is CC(CN(C)CCc1ccccc1)NS(=O)(=O)c1ccc2cnccc2c1.Cl.Cl. The first-order valence-corrected chi connectivity index (χ1v) is 10.5. The van der Waals surface area contributed by atoms with E-state index in [4.69, 9.17) is 0 Å². The van der Waals surface area contributed by atoms with E-state index in [-0.39, 0.29) is 35.8 Å². The molecule has 0 aliphatic heterocycles. The maximum absolute atomic E-state index is 12.7. The maximum Gasteiger partial charge on any atom is 0.240 e. The highest BCUT2D eigenvalue weighted by molar-refractivity contribution is 7.89. The fourth-order valence-electron chi connectivity index (χ4n) is 3.12. The summed E-state index contributed by atoms with van der Waals surface area (Å²) in [6.45, 7) is 3.41. The molecule has 5 nitrogen and oxygen atoms in total. The van der Waals surface area contributed by atoms with E-state index in [1.807, 2.05) is 38.2 Å². The molecule has 3 aromatic rings. The Labute approximate surface area is 185 Å². The quantitative estimate of drug-likeness (QED) is 0.558. The summed E-state index contributed by atoms with van der Waals surface area (Å²) < 4.78 is 28.2. The maximum atomic E-state index is 12.7. The Kier molecular flexibility index (Phi) is 10.0. The number of hydrogen-bond acceptors (Lipinski definition) is 4. The lowest BCUT2D eigenvalue weighted by atomic mass is 10.1. The van der Waals surface area contributed by atoms with Crippen LogP contribution in [0.1, 0.15) is 12.5 Å². The van der Waals surface area contributed by atoms with Crippen LogP contribution in [0.15, 0.2) is 71.9 Å². The number of pyridine rings is 1. The van der Waals surface area contributed by atoms with Crippen LogP contribution in [-0.4, -0.2) is 44.5 Å². The van der Waals surface area contributed by atoms with Crippen LogP contribution in [0.4, 0.5) is 0 Å². The summed E-state index contributed by atoms with van der Waals surface area (Å²) in [6.07, 6.45) is 4.33. The molecule has 29 heavy (non-hydrogen) atoms. The van der Waals surface area contributed by atoms with Crippen molar-refractivity contribution in [1.82, 2.24) is 14.6 Å². The van der Waals surface area contributed by atoms with Gasteiger partial charge in [0.1, 0.15) is 0 Å². The summed E-state index contributed by atoms with van der Waals surface area (Å²) in [6, 6.07) is 17.0. The van der Waals surface area contributed by atoms with E-state index < -0.39 is 10.0 Å². The second-order valence-electron chi connectivity index (χ2n) is 6.90. The highest BCUT2D eigenvalue weighted by Gasteiger charge is 2.18. The van der Waals surface area contributed by atoms with Crippen molar-refractivity contribution < 1.29 is 8.42 Å². The molecule has 1 unspecified atom stereocenters. The summed E-state index contributed by atoms with van der Waals surface area (Å²) in [4.78, 5) is 6.48. The van der Waals surface area contributed by atoms with Crippen molar-refractivity contribution in [2.45, 2.75) is 24.3 Å². The van der Waals surface area contributed by atoms with Gasteiger partial charge in [0.15, 0.2) is 0 Å². The van der Waals surface area contributed by atoms with Gasteiger partial charge in [0.25, 0.3) is 0 Å². The molecule has 1 heterocycles. The second-order valence-corrected chi connectivity index (χ2v) is 8.62. The number of fused-ring (bicyclic) bond motifs is 1. The molecule has 0 radical (unpaired) electrons. The van der Waals surface area contributed by atoms with Gasteiger partial charge in [-0.25, -0.2) is 13.1 Å². The summed E-state index contributed by atoms with van der Waals surface area (Å²) in [5.41, 5.74) is 1.28. The minimum absolute atomic E-state index is 0. The predicted octanol–water partition coefficient (Wildman–Crippen LogP) is 3.92. The van der Waals surface area contributed by atoms with Crippen LogP contribution in [-0.2, 0) is 16.4 Å². The normalized spacial score (nSPS) is 12.2. The van der Waals surface area contributed by atoms with Crippen molar-refractivity contribution in [2.75, 3.05) is 20.1 Å². The van der Waals surface area contributed by atoms with Crippen molar-refractivity contribution in [1.29, 1.82) is 0 Å². The van der Waals surface area contributed by atoms with Crippen molar-refractivity contribution in [2.24, 2.45) is 0 Å². The molecule has 0 saturated heterocycles. The van der Waals surface area contributed by atoms with Gasteiger partial charge in [-0.05, 0) is 49.5 Å². The molecule has 3 rings (SSSR count). The van der Waals surface area contributed by atoms with Crippen molar-refractivity contribution in [3.05, 3.63) is 72.6 Å². The molecule has 0 fully saturated rings. The molecule has 1 aromatic heterocycles. The molecule has 1 N–H and O–H groups in total. The molecule has 158 valence electrons. The van der Waals surface area contributed by atoms with Gasteiger partial charge in [-0.1, -0.05) is 36.4 Å². The van der Waals surface area contributed by atoms with Gasteiger partial charge in [-0.3, -0.25) is 4.98 Å². The lowest BCUT2D eigenvalue weighted by molar-refractivity contribution is 0.313. The fraction of sp³-hybridized carbons (Fsp3) is 0.286. The second kappa shape index (κ2) is 11.5. The van der Waals surface area contributed by atoms with Crippen LogP contribution < -0.4 is 4.72 Å². The molecule has 0 aliphatic carbocycles. The van der Waals surface area contributed by atoms with Crippen molar-refractivity contribution >= 4 is 45.6 Å². The Hall–Kier alpha value is -1.70. The van der Waals surface area contributed by atoms with Crippen LogP contribution in [0, 0.1) is 0 Å². The Bertz CT molecular complexity index is 1000. The number of nitrogens with zero attached hydrogens (tertiary/aromatic N) is 2. The van der Waals surface area contributed by atoms with E-state index in [1.54, 1.807) is 30.6 Å². The van der Waals surface area contributed by atoms with Gasteiger partial charge in [0, 0.05) is 36.9 Å².